The molecule has 0 radical (unpaired) electrons. The number of rotatable bonds is 5. The van der Waals surface area contributed by atoms with E-state index in [0.717, 1.165) is 45.2 Å². The summed E-state index contributed by atoms with van der Waals surface area (Å²) < 4.78 is 0. The summed E-state index contributed by atoms with van der Waals surface area (Å²) >= 11 is 1.60. The Morgan fingerprint density at radius 1 is 1.12 bits per heavy atom. The highest BCUT2D eigenvalue weighted by molar-refractivity contribution is 7.09. The van der Waals surface area contributed by atoms with Crippen molar-refractivity contribution in [1.29, 1.82) is 0 Å². The van der Waals surface area contributed by atoms with Gasteiger partial charge in [-0.3, -0.25) is 4.79 Å². The van der Waals surface area contributed by atoms with Crippen molar-refractivity contribution in [1.82, 2.24) is 15.0 Å². The molecule has 0 fully saturated rings. The van der Waals surface area contributed by atoms with Gasteiger partial charge >= 0.3 is 0 Å². The summed E-state index contributed by atoms with van der Waals surface area (Å²) in [4.78, 5) is 24.5. The number of nitrogens with one attached hydrogen (secondary N) is 2. The molecule has 4 rings (SSSR count). The zero-order chi connectivity index (χ0) is 17.9. The van der Waals surface area contributed by atoms with Crippen molar-refractivity contribution in [3.63, 3.8) is 0 Å². The Morgan fingerprint density at radius 3 is 2.65 bits per heavy atom. The Balaban J connectivity index is 1.44. The lowest BCUT2D eigenvalue weighted by molar-refractivity contribution is -0.115. The predicted molar refractivity (Wildman–Crippen MR) is 105 cm³/mol. The van der Waals surface area contributed by atoms with Crippen LogP contribution in [-0.2, 0) is 17.6 Å². The summed E-state index contributed by atoms with van der Waals surface area (Å²) in [5.41, 5.74) is 4.51. The molecule has 0 aliphatic heterocycles. The second-order valence-corrected chi connectivity index (χ2v) is 6.93. The number of amides is 1. The molecule has 130 valence electrons. The lowest BCUT2D eigenvalue weighted by Gasteiger charge is -2.05. The number of carbonyl (C=O) groups excluding carboxylic acids is 1. The number of imidazole rings is 1. The second-order valence-electron chi connectivity index (χ2n) is 5.99. The maximum Gasteiger partial charge on any atom is 0.230 e. The molecule has 0 aliphatic carbocycles. The Labute approximate surface area is 155 Å². The summed E-state index contributed by atoms with van der Waals surface area (Å²) in [7, 11) is 0. The van der Waals surface area contributed by atoms with Crippen molar-refractivity contribution < 1.29 is 4.79 Å². The van der Waals surface area contributed by atoms with Crippen LogP contribution in [0, 0.1) is 0 Å². The van der Waals surface area contributed by atoms with Crippen LogP contribution in [0.4, 0.5) is 5.69 Å². The zero-order valence-corrected chi connectivity index (χ0v) is 15.1. The van der Waals surface area contributed by atoms with Crippen LogP contribution < -0.4 is 5.32 Å². The third kappa shape index (κ3) is 3.50. The van der Waals surface area contributed by atoms with Gasteiger partial charge in [0.25, 0.3) is 0 Å². The van der Waals surface area contributed by atoms with Crippen LogP contribution >= 0.6 is 11.3 Å². The Hall–Kier alpha value is -2.99. The number of benzene rings is 2. The van der Waals surface area contributed by atoms with E-state index in [4.69, 9.17) is 0 Å². The first kappa shape index (κ1) is 16.5. The van der Waals surface area contributed by atoms with E-state index in [1.807, 2.05) is 53.9 Å². The van der Waals surface area contributed by atoms with Crippen molar-refractivity contribution >= 4 is 34.0 Å². The third-order valence-electron chi connectivity index (χ3n) is 4.07. The molecule has 6 heteroatoms. The predicted octanol–water partition coefficient (Wildman–Crippen LogP) is 4.43. The minimum Gasteiger partial charge on any atom is -0.338 e. The van der Waals surface area contributed by atoms with Crippen molar-refractivity contribution in [2.24, 2.45) is 0 Å². The molecule has 0 aliphatic rings. The third-order valence-corrected chi connectivity index (χ3v) is 5.12. The van der Waals surface area contributed by atoms with E-state index in [1.54, 1.807) is 11.3 Å². The highest BCUT2D eigenvalue weighted by atomic mass is 32.1. The van der Waals surface area contributed by atoms with Crippen LogP contribution in [0.3, 0.4) is 0 Å². The van der Waals surface area contributed by atoms with E-state index in [-0.39, 0.29) is 5.91 Å². The number of aromatic amines is 1. The quantitative estimate of drug-likeness (QED) is 0.552. The largest absolute Gasteiger partial charge is 0.338 e. The number of para-hydroxylation sites is 2. The summed E-state index contributed by atoms with van der Waals surface area (Å²) in [5, 5.41) is 5.92. The smallest absolute Gasteiger partial charge is 0.230 e. The van der Waals surface area contributed by atoms with E-state index in [1.165, 1.54) is 0 Å². The topological polar surface area (TPSA) is 70.7 Å². The van der Waals surface area contributed by atoms with E-state index >= 15 is 0 Å². The van der Waals surface area contributed by atoms with Gasteiger partial charge in [0.2, 0.25) is 5.91 Å². The van der Waals surface area contributed by atoms with Gasteiger partial charge in [-0.05, 0) is 42.8 Å². The fourth-order valence-electron chi connectivity index (χ4n) is 2.76. The van der Waals surface area contributed by atoms with Gasteiger partial charge in [0, 0.05) is 16.6 Å². The average Bonchev–Trinajstić information content (AvgIpc) is 3.28. The van der Waals surface area contributed by atoms with Gasteiger partial charge in [0.05, 0.1) is 28.2 Å². The van der Waals surface area contributed by atoms with Crippen LogP contribution in [0.5, 0.6) is 0 Å². The SMILES string of the molecule is CCc1nc(CC(=O)Nc2ccc(-c3nc4ccccc4[nH]3)cc2)cs1. The molecule has 5 nitrogen and oxygen atoms in total. The number of H-pyrrole nitrogens is 1. The van der Waals surface area contributed by atoms with Gasteiger partial charge in [-0.2, -0.15) is 0 Å². The molecule has 26 heavy (non-hydrogen) atoms. The number of hydrogen-bond acceptors (Lipinski definition) is 4. The lowest BCUT2D eigenvalue weighted by Crippen LogP contribution is -2.14. The van der Waals surface area contributed by atoms with E-state index in [0.29, 0.717) is 6.42 Å². The second kappa shape index (κ2) is 7.09. The van der Waals surface area contributed by atoms with Crippen LogP contribution in [-0.4, -0.2) is 20.9 Å². The molecular weight excluding hydrogens is 344 g/mol. The lowest BCUT2D eigenvalue weighted by atomic mass is 10.2. The monoisotopic (exact) mass is 362 g/mol. The number of nitrogens with zero attached hydrogens (tertiary/aromatic N) is 2. The number of hydrogen-bond donors (Lipinski definition) is 2. The normalized spacial score (nSPS) is 11.0. The van der Waals surface area contributed by atoms with Crippen LogP contribution in [0.25, 0.3) is 22.4 Å². The van der Waals surface area contributed by atoms with E-state index in [2.05, 4.69) is 27.2 Å². The summed E-state index contributed by atoms with van der Waals surface area (Å²) in [5.74, 6) is 0.757. The summed E-state index contributed by atoms with van der Waals surface area (Å²) in [6.07, 6.45) is 1.19. The van der Waals surface area contributed by atoms with Gasteiger partial charge in [-0.15, -0.1) is 11.3 Å². The first-order valence-corrected chi connectivity index (χ1v) is 9.37. The molecule has 2 heterocycles. The van der Waals surface area contributed by atoms with Crippen molar-refractivity contribution in [3.05, 3.63) is 64.6 Å². The van der Waals surface area contributed by atoms with Crippen molar-refractivity contribution in [2.45, 2.75) is 19.8 Å². The Kier molecular flexibility index (Phi) is 4.50. The molecule has 1 amide bonds. The van der Waals surface area contributed by atoms with E-state index < -0.39 is 0 Å². The molecular formula is C20H18N4OS. The minimum absolute atomic E-state index is 0.0607. The number of aryl methyl sites for hydroxylation is 1. The molecule has 4 aromatic rings. The maximum atomic E-state index is 12.2. The van der Waals surface area contributed by atoms with Crippen molar-refractivity contribution in [2.75, 3.05) is 5.32 Å². The highest BCUT2D eigenvalue weighted by Gasteiger charge is 2.09. The van der Waals surface area contributed by atoms with Gasteiger partial charge < -0.3 is 10.3 Å². The van der Waals surface area contributed by atoms with E-state index in [9.17, 15) is 4.79 Å². The molecule has 0 unspecified atom stereocenters. The number of thiazole rings is 1. The molecule has 2 aromatic heterocycles. The number of anilines is 1. The molecule has 0 saturated carbocycles. The minimum atomic E-state index is -0.0607. The number of fused-ring (bicyclic) bond motifs is 1. The molecule has 2 aromatic carbocycles. The van der Waals surface area contributed by atoms with Gasteiger partial charge in [-0.25, -0.2) is 9.97 Å². The van der Waals surface area contributed by atoms with Crippen LogP contribution in [0.15, 0.2) is 53.9 Å². The summed E-state index contributed by atoms with van der Waals surface area (Å²) in [6, 6.07) is 15.6. The fourth-order valence-corrected chi connectivity index (χ4v) is 3.51. The molecule has 0 saturated heterocycles. The highest BCUT2D eigenvalue weighted by Crippen LogP contribution is 2.22. The number of carbonyl (C=O) groups is 1. The van der Waals surface area contributed by atoms with Crippen LogP contribution in [0.1, 0.15) is 17.6 Å². The fraction of sp³-hybridized carbons (Fsp3) is 0.150. The Bertz CT molecular complexity index is 1020. The number of aromatic nitrogens is 3. The maximum absolute atomic E-state index is 12.2. The van der Waals surface area contributed by atoms with Gasteiger partial charge in [0.1, 0.15) is 5.82 Å². The molecule has 0 atom stereocenters. The van der Waals surface area contributed by atoms with Crippen molar-refractivity contribution in [3.8, 4) is 11.4 Å². The zero-order valence-electron chi connectivity index (χ0n) is 14.3. The average molecular weight is 362 g/mol. The summed E-state index contributed by atoms with van der Waals surface area (Å²) in [6.45, 7) is 2.06. The molecule has 0 bridgehead atoms. The van der Waals surface area contributed by atoms with Gasteiger partial charge in [-0.1, -0.05) is 19.1 Å². The first-order chi connectivity index (χ1) is 12.7. The first-order valence-electron chi connectivity index (χ1n) is 8.49. The standard InChI is InChI=1S/C20H18N4OS/c1-2-19-22-15(12-26-19)11-18(25)21-14-9-7-13(8-10-14)20-23-16-5-3-4-6-17(16)24-20/h3-10,12H,2,11H2,1H3,(H,21,25)(H,23,24). The molecule has 2 N–H and O–H groups in total. The van der Waals surface area contributed by atoms with Crippen LogP contribution in [0.2, 0.25) is 0 Å². The van der Waals surface area contributed by atoms with Gasteiger partial charge in [0.15, 0.2) is 0 Å². The molecule has 0 spiro atoms. The Morgan fingerprint density at radius 2 is 1.92 bits per heavy atom.